The second kappa shape index (κ2) is 5.90. The van der Waals surface area contributed by atoms with Gasteiger partial charge in [0.1, 0.15) is 0 Å². The van der Waals surface area contributed by atoms with Gasteiger partial charge < -0.3 is 4.74 Å². The van der Waals surface area contributed by atoms with E-state index in [4.69, 9.17) is 4.74 Å². The summed E-state index contributed by atoms with van der Waals surface area (Å²) in [5.41, 5.74) is 0.685. The molecule has 0 N–H and O–H groups in total. The van der Waals surface area contributed by atoms with Crippen LogP contribution >= 0.6 is 11.8 Å². The molecule has 0 saturated carbocycles. The lowest BCUT2D eigenvalue weighted by molar-refractivity contribution is 0.163. The van der Waals surface area contributed by atoms with Crippen molar-refractivity contribution in [3.8, 4) is 0 Å². The Bertz CT molecular complexity index is 505. The summed E-state index contributed by atoms with van der Waals surface area (Å²) in [5, 5.41) is 0. The Morgan fingerprint density at radius 3 is 3.17 bits per heavy atom. The summed E-state index contributed by atoms with van der Waals surface area (Å²) < 4.78 is 31.0. The van der Waals surface area contributed by atoms with Gasteiger partial charge in [-0.1, -0.05) is 0 Å². The Hall–Kier alpha value is -0.790. The SMILES string of the molecule is CCOCCS(=O)(=O)N1CCSc2ccncc21. The number of hydrogen-bond acceptors (Lipinski definition) is 5. The molecular weight excluding hydrogens is 272 g/mol. The normalized spacial score (nSPS) is 15.5. The van der Waals surface area contributed by atoms with Crippen LogP contribution in [0.25, 0.3) is 0 Å². The monoisotopic (exact) mass is 288 g/mol. The number of sulfonamides is 1. The molecule has 1 aliphatic rings. The summed E-state index contributed by atoms with van der Waals surface area (Å²) in [6, 6.07) is 1.85. The van der Waals surface area contributed by atoms with Crippen molar-refractivity contribution in [3.05, 3.63) is 18.5 Å². The fourth-order valence-electron chi connectivity index (χ4n) is 1.75. The molecule has 0 spiro atoms. The number of hydrogen-bond donors (Lipinski definition) is 0. The second-order valence-electron chi connectivity index (χ2n) is 3.78. The average molecular weight is 288 g/mol. The molecule has 0 amide bonds. The molecule has 0 fully saturated rings. The molecule has 1 aromatic rings. The van der Waals surface area contributed by atoms with E-state index in [9.17, 15) is 8.42 Å². The van der Waals surface area contributed by atoms with Gasteiger partial charge in [0.05, 0.1) is 24.2 Å². The van der Waals surface area contributed by atoms with E-state index in [0.717, 1.165) is 10.6 Å². The summed E-state index contributed by atoms with van der Waals surface area (Å²) in [5.74, 6) is 0.782. The van der Waals surface area contributed by atoms with E-state index in [1.165, 1.54) is 4.31 Å². The molecule has 1 aromatic heterocycles. The van der Waals surface area contributed by atoms with Crippen molar-refractivity contribution in [3.63, 3.8) is 0 Å². The molecule has 18 heavy (non-hydrogen) atoms. The Morgan fingerprint density at radius 2 is 2.39 bits per heavy atom. The number of nitrogens with zero attached hydrogens (tertiary/aromatic N) is 2. The highest BCUT2D eigenvalue weighted by molar-refractivity contribution is 8.00. The predicted octanol–water partition coefficient (Wildman–Crippen LogP) is 1.36. The molecule has 5 nitrogen and oxygen atoms in total. The van der Waals surface area contributed by atoms with E-state index in [-0.39, 0.29) is 12.4 Å². The van der Waals surface area contributed by atoms with Crippen LogP contribution < -0.4 is 4.31 Å². The van der Waals surface area contributed by atoms with E-state index in [1.54, 1.807) is 24.2 Å². The third-order valence-corrected chi connectivity index (χ3v) is 5.38. The molecule has 0 bridgehead atoms. The van der Waals surface area contributed by atoms with Crippen molar-refractivity contribution in [2.45, 2.75) is 11.8 Å². The van der Waals surface area contributed by atoms with Gasteiger partial charge in [-0.2, -0.15) is 0 Å². The molecule has 0 saturated heterocycles. The average Bonchev–Trinajstić information content (AvgIpc) is 2.38. The Kier molecular flexibility index (Phi) is 4.47. The number of anilines is 1. The van der Waals surface area contributed by atoms with Gasteiger partial charge in [0.15, 0.2) is 0 Å². The molecule has 0 atom stereocenters. The fourth-order valence-corrected chi connectivity index (χ4v) is 4.25. The largest absolute Gasteiger partial charge is 0.381 e. The zero-order valence-electron chi connectivity index (χ0n) is 10.2. The summed E-state index contributed by atoms with van der Waals surface area (Å²) in [6.45, 7) is 3.11. The molecule has 7 heteroatoms. The summed E-state index contributed by atoms with van der Waals surface area (Å²) >= 11 is 1.66. The maximum atomic E-state index is 12.2. The maximum absolute atomic E-state index is 12.2. The van der Waals surface area contributed by atoms with E-state index < -0.39 is 10.0 Å². The highest BCUT2D eigenvalue weighted by Gasteiger charge is 2.27. The van der Waals surface area contributed by atoms with Crippen molar-refractivity contribution in [1.29, 1.82) is 0 Å². The molecule has 0 aromatic carbocycles. The number of thioether (sulfide) groups is 1. The molecular formula is C11H16N2O3S2. The van der Waals surface area contributed by atoms with Crippen LogP contribution in [0.15, 0.2) is 23.4 Å². The van der Waals surface area contributed by atoms with E-state index in [1.807, 2.05) is 13.0 Å². The van der Waals surface area contributed by atoms with Crippen molar-refractivity contribution in [2.24, 2.45) is 0 Å². The van der Waals surface area contributed by atoms with Crippen LogP contribution in [-0.4, -0.2) is 44.7 Å². The minimum Gasteiger partial charge on any atom is -0.381 e. The number of rotatable bonds is 5. The van der Waals surface area contributed by atoms with Crippen molar-refractivity contribution in [1.82, 2.24) is 4.98 Å². The minimum atomic E-state index is -3.31. The molecule has 0 radical (unpaired) electrons. The molecule has 2 rings (SSSR count). The zero-order valence-corrected chi connectivity index (χ0v) is 11.8. The second-order valence-corrected chi connectivity index (χ2v) is 6.93. The molecule has 2 heterocycles. The van der Waals surface area contributed by atoms with Crippen LogP contribution in [-0.2, 0) is 14.8 Å². The van der Waals surface area contributed by atoms with Crippen LogP contribution in [0.2, 0.25) is 0 Å². The van der Waals surface area contributed by atoms with E-state index >= 15 is 0 Å². The van der Waals surface area contributed by atoms with Gasteiger partial charge in [0.25, 0.3) is 0 Å². The predicted molar refractivity (Wildman–Crippen MR) is 72.6 cm³/mol. The van der Waals surface area contributed by atoms with Gasteiger partial charge in [-0.15, -0.1) is 11.8 Å². The van der Waals surface area contributed by atoms with Gasteiger partial charge >= 0.3 is 0 Å². The topological polar surface area (TPSA) is 59.5 Å². The molecule has 100 valence electrons. The third kappa shape index (κ3) is 2.96. The first kappa shape index (κ1) is 13.6. The summed E-state index contributed by atoms with van der Waals surface area (Å²) in [7, 11) is -3.31. The van der Waals surface area contributed by atoms with Crippen LogP contribution in [0, 0.1) is 0 Å². The standard InChI is InChI=1S/C11H16N2O3S2/c1-2-16-6-8-18(14,15)13-5-7-17-11-3-4-12-9-10(11)13/h3-4,9H,2,5-8H2,1H3. The van der Waals surface area contributed by atoms with Crippen molar-refractivity contribution >= 4 is 27.5 Å². The lowest BCUT2D eigenvalue weighted by atomic mass is 10.4. The first-order chi connectivity index (χ1) is 8.65. The smallest absolute Gasteiger partial charge is 0.237 e. The number of aromatic nitrogens is 1. The molecule has 0 aliphatic carbocycles. The fraction of sp³-hybridized carbons (Fsp3) is 0.545. The highest BCUT2D eigenvalue weighted by Crippen LogP contribution is 2.35. The van der Waals surface area contributed by atoms with Gasteiger partial charge in [0.2, 0.25) is 10.0 Å². The van der Waals surface area contributed by atoms with Gasteiger partial charge in [-0.05, 0) is 13.0 Å². The van der Waals surface area contributed by atoms with Crippen molar-refractivity contribution in [2.75, 3.05) is 35.6 Å². The highest BCUT2D eigenvalue weighted by atomic mass is 32.2. The van der Waals surface area contributed by atoms with Crippen LogP contribution in [0.1, 0.15) is 6.92 Å². The molecule has 0 unspecified atom stereocenters. The quantitative estimate of drug-likeness (QED) is 0.766. The Morgan fingerprint density at radius 1 is 1.56 bits per heavy atom. The van der Waals surface area contributed by atoms with Crippen LogP contribution in [0.5, 0.6) is 0 Å². The van der Waals surface area contributed by atoms with Crippen LogP contribution in [0.4, 0.5) is 5.69 Å². The van der Waals surface area contributed by atoms with Gasteiger partial charge in [-0.3, -0.25) is 9.29 Å². The first-order valence-electron chi connectivity index (χ1n) is 5.80. The number of pyridine rings is 1. The van der Waals surface area contributed by atoms with Gasteiger partial charge in [0, 0.05) is 30.0 Å². The maximum Gasteiger partial charge on any atom is 0.237 e. The van der Waals surface area contributed by atoms with Crippen molar-refractivity contribution < 1.29 is 13.2 Å². The Labute approximate surface area is 112 Å². The number of fused-ring (bicyclic) bond motifs is 1. The van der Waals surface area contributed by atoms with E-state index in [2.05, 4.69) is 4.98 Å². The Balaban J connectivity index is 2.19. The first-order valence-corrected chi connectivity index (χ1v) is 8.39. The lowest BCUT2D eigenvalue weighted by Gasteiger charge is -2.29. The summed E-state index contributed by atoms with van der Waals surface area (Å²) in [4.78, 5) is 4.98. The number of ether oxygens (including phenoxy) is 1. The van der Waals surface area contributed by atoms with Crippen LogP contribution in [0.3, 0.4) is 0 Å². The minimum absolute atomic E-state index is 0.0137. The lowest BCUT2D eigenvalue weighted by Crippen LogP contribution is -2.38. The van der Waals surface area contributed by atoms with Gasteiger partial charge in [-0.25, -0.2) is 8.42 Å². The zero-order chi connectivity index (χ0) is 13.0. The molecule has 1 aliphatic heterocycles. The summed E-state index contributed by atoms with van der Waals surface area (Å²) in [6.07, 6.45) is 3.29. The van der Waals surface area contributed by atoms with E-state index in [0.29, 0.717) is 18.8 Å². The third-order valence-electron chi connectivity index (χ3n) is 2.61.